The molecule has 0 saturated carbocycles. The third kappa shape index (κ3) is 7.73. The Morgan fingerprint density at radius 1 is 1.28 bits per heavy atom. The number of rotatable bonds is 12. The summed E-state index contributed by atoms with van der Waals surface area (Å²) in [5.41, 5.74) is 3.58. The van der Waals surface area contributed by atoms with E-state index in [-0.39, 0.29) is 18.6 Å². The van der Waals surface area contributed by atoms with Gasteiger partial charge in [-0.2, -0.15) is 0 Å². The molecule has 1 amide bonds. The summed E-state index contributed by atoms with van der Waals surface area (Å²) in [5.74, 6) is 0.690. The second kappa shape index (κ2) is 11.5. The average Bonchev–Trinajstić information content (AvgIpc) is 3.00. The van der Waals surface area contributed by atoms with Crippen molar-refractivity contribution in [2.75, 3.05) is 40.1 Å². The fourth-order valence-electron chi connectivity index (χ4n) is 3.22. The first-order chi connectivity index (χ1) is 13.7. The van der Waals surface area contributed by atoms with Crippen molar-refractivity contribution < 1.29 is 19.1 Å². The Bertz CT molecular complexity index is 685. The summed E-state index contributed by atoms with van der Waals surface area (Å²) < 4.78 is 11.5. The van der Waals surface area contributed by atoms with Gasteiger partial charge in [-0.25, -0.2) is 5.48 Å². The van der Waals surface area contributed by atoms with Crippen LogP contribution in [0.25, 0.3) is 0 Å². The summed E-state index contributed by atoms with van der Waals surface area (Å²) >= 11 is 12.8. The van der Waals surface area contributed by atoms with E-state index >= 15 is 0 Å². The first-order valence-corrected chi connectivity index (χ1v) is 14.4. The Kier molecular flexibility index (Phi) is 9.72. The van der Waals surface area contributed by atoms with Crippen molar-refractivity contribution in [1.29, 1.82) is 0 Å². The molecule has 0 aliphatic carbocycles. The van der Waals surface area contributed by atoms with Crippen LogP contribution in [0.2, 0.25) is 35.7 Å². The van der Waals surface area contributed by atoms with Crippen molar-refractivity contribution in [3.63, 3.8) is 0 Å². The number of nitrogens with zero attached hydrogens (tertiary/aromatic N) is 1. The summed E-state index contributed by atoms with van der Waals surface area (Å²) in [5, 5.41) is 0.913. The Balaban J connectivity index is 2.00. The van der Waals surface area contributed by atoms with E-state index in [0.717, 1.165) is 18.0 Å². The highest BCUT2D eigenvalue weighted by atomic mass is 35.5. The van der Waals surface area contributed by atoms with Crippen molar-refractivity contribution in [3.8, 4) is 5.75 Å². The molecule has 0 radical (unpaired) electrons. The Labute approximate surface area is 184 Å². The van der Waals surface area contributed by atoms with Crippen LogP contribution in [0.1, 0.15) is 24.3 Å². The van der Waals surface area contributed by atoms with Crippen molar-refractivity contribution >= 4 is 37.2 Å². The van der Waals surface area contributed by atoms with Crippen LogP contribution >= 0.6 is 23.2 Å². The molecule has 1 heterocycles. The number of hydrogen-bond donors (Lipinski definition) is 1. The maximum atomic E-state index is 12.5. The monoisotopic (exact) mass is 462 g/mol. The summed E-state index contributed by atoms with van der Waals surface area (Å²) in [7, 11) is 0.436. The van der Waals surface area contributed by atoms with E-state index < -0.39 is 8.07 Å². The molecule has 1 saturated heterocycles. The number of halogens is 2. The van der Waals surface area contributed by atoms with E-state index in [1.807, 2.05) is 4.90 Å². The quantitative estimate of drug-likeness (QED) is 0.213. The number of ether oxygens (including phenoxy) is 2. The number of carbonyl (C=O) groups is 1. The maximum absolute atomic E-state index is 12.5. The number of amides is 1. The van der Waals surface area contributed by atoms with Gasteiger partial charge in [-0.3, -0.25) is 4.79 Å². The van der Waals surface area contributed by atoms with Gasteiger partial charge >= 0.3 is 0 Å². The minimum atomic E-state index is -1.14. The van der Waals surface area contributed by atoms with Gasteiger partial charge in [-0.1, -0.05) is 42.8 Å². The number of carbonyl (C=O) groups excluding carboxylic acids is 1. The molecule has 1 atom stereocenters. The number of benzene rings is 1. The molecule has 29 heavy (non-hydrogen) atoms. The van der Waals surface area contributed by atoms with Crippen LogP contribution in [0.15, 0.2) is 12.1 Å². The van der Waals surface area contributed by atoms with Gasteiger partial charge in [0.25, 0.3) is 0 Å². The number of nitrogens with one attached hydrogen (secondary N) is 1. The predicted molar refractivity (Wildman–Crippen MR) is 120 cm³/mol. The molecule has 2 rings (SSSR count). The van der Waals surface area contributed by atoms with Gasteiger partial charge in [0.2, 0.25) is 5.91 Å². The van der Waals surface area contributed by atoms with E-state index in [1.165, 1.54) is 0 Å². The summed E-state index contributed by atoms with van der Waals surface area (Å²) in [6.07, 6.45) is 1.20. The van der Waals surface area contributed by atoms with E-state index in [9.17, 15) is 4.79 Å². The Morgan fingerprint density at radius 3 is 2.72 bits per heavy atom. The summed E-state index contributed by atoms with van der Waals surface area (Å²) in [6, 6.07) is 4.60. The minimum absolute atomic E-state index is 0.0546. The highest BCUT2D eigenvalue weighted by Crippen LogP contribution is 2.42. The SMILES string of the molecule is CONCCCN1CC(c2c(OCOCC[Si](C)(C)C)ccc(Cl)c2Cl)CC1=O. The van der Waals surface area contributed by atoms with E-state index in [0.29, 0.717) is 48.5 Å². The van der Waals surface area contributed by atoms with E-state index in [2.05, 4.69) is 25.1 Å². The van der Waals surface area contributed by atoms with Gasteiger partial charge in [-0.05, 0) is 24.6 Å². The van der Waals surface area contributed by atoms with Gasteiger partial charge in [0, 0.05) is 52.2 Å². The van der Waals surface area contributed by atoms with E-state index in [4.69, 9.17) is 37.5 Å². The lowest BCUT2D eigenvalue weighted by Gasteiger charge is -2.20. The summed E-state index contributed by atoms with van der Waals surface area (Å²) in [4.78, 5) is 19.1. The zero-order valence-electron chi connectivity index (χ0n) is 17.7. The van der Waals surface area contributed by atoms with Crippen LogP contribution in [-0.4, -0.2) is 59.0 Å². The zero-order valence-corrected chi connectivity index (χ0v) is 20.2. The van der Waals surface area contributed by atoms with Crippen LogP contribution < -0.4 is 10.2 Å². The number of hydrogen-bond acceptors (Lipinski definition) is 5. The van der Waals surface area contributed by atoms with Crippen molar-refractivity contribution in [2.24, 2.45) is 0 Å². The Hall–Kier alpha value is -0.833. The first kappa shape index (κ1) is 24.4. The highest BCUT2D eigenvalue weighted by Gasteiger charge is 2.34. The predicted octanol–water partition coefficient (Wildman–Crippen LogP) is 4.54. The van der Waals surface area contributed by atoms with Gasteiger partial charge in [-0.15, -0.1) is 0 Å². The summed E-state index contributed by atoms with van der Waals surface area (Å²) in [6.45, 7) is 9.71. The van der Waals surface area contributed by atoms with Crippen molar-refractivity contribution in [2.45, 2.75) is 44.4 Å². The molecule has 1 unspecified atom stereocenters. The van der Waals surface area contributed by atoms with Crippen LogP contribution in [0.5, 0.6) is 5.75 Å². The van der Waals surface area contributed by atoms with Crippen molar-refractivity contribution in [1.82, 2.24) is 10.4 Å². The van der Waals surface area contributed by atoms with Crippen LogP contribution in [0.4, 0.5) is 0 Å². The molecule has 1 aliphatic rings. The maximum Gasteiger partial charge on any atom is 0.223 e. The first-order valence-electron chi connectivity index (χ1n) is 9.95. The molecule has 164 valence electrons. The molecule has 1 N–H and O–H groups in total. The lowest BCUT2D eigenvalue weighted by atomic mass is 9.97. The molecule has 9 heteroatoms. The van der Waals surface area contributed by atoms with Crippen LogP contribution in [-0.2, 0) is 14.4 Å². The normalized spacial score (nSPS) is 17.2. The largest absolute Gasteiger partial charge is 0.467 e. The highest BCUT2D eigenvalue weighted by molar-refractivity contribution is 6.76. The van der Waals surface area contributed by atoms with Gasteiger partial charge < -0.3 is 19.2 Å². The zero-order chi connectivity index (χ0) is 21.4. The van der Waals surface area contributed by atoms with Gasteiger partial charge in [0.05, 0.1) is 17.2 Å². The van der Waals surface area contributed by atoms with Crippen LogP contribution in [0.3, 0.4) is 0 Å². The third-order valence-corrected chi connectivity index (χ3v) is 7.38. The fraction of sp³-hybridized carbons (Fsp3) is 0.650. The molecule has 1 aromatic rings. The minimum Gasteiger partial charge on any atom is -0.467 e. The lowest BCUT2D eigenvalue weighted by Crippen LogP contribution is -2.28. The molecule has 1 aliphatic heterocycles. The molecule has 0 aromatic heterocycles. The second-order valence-corrected chi connectivity index (χ2v) is 14.9. The molecular formula is C20H32Cl2N2O4Si. The molecule has 0 spiro atoms. The average molecular weight is 463 g/mol. The topological polar surface area (TPSA) is 60.0 Å². The molecule has 0 bridgehead atoms. The standard InChI is InChI=1S/C20H32Cl2N2O4Si/c1-26-23-8-5-9-24-13-15(12-18(24)25)19-17(7-6-16(21)20(19)22)28-14-27-10-11-29(2,3)4/h6-7,15,23H,5,8-14H2,1-4H3. The third-order valence-electron chi connectivity index (χ3n) is 4.86. The van der Waals surface area contributed by atoms with Crippen LogP contribution in [0, 0.1) is 0 Å². The Morgan fingerprint density at radius 2 is 2.03 bits per heavy atom. The second-order valence-electron chi connectivity index (χ2n) is 8.45. The smallest absolute Gasteiger partial charge is 0.223 e. The van der Waals surface area contributed by atoms with Gasteiger partial charge in [0.1, 0.15) is 5.75 Å². The molecular weight excluding hydrogens is 431 g/mol. The van der Waals surface area contributed by atoms with Crippen molar-refractivity contribution in [3.05, 3.63) is 27.7 Å². The molecule has 1 fully saturated rings. The lowest BCUT2D eigenvalue weighted by molar-refractivity contribution is -0.127. The number of likely N-dealkylation sites (tertiary alicyclic amines) is 1. The molecule has 6 nitrogen and oxygen atoms in total. The molecule has 1 aromatic carbocycles. The van der Waals surface area contributed by atoms with Gasteiger partial charge in [0.15, 0.2) is 6.79 Å². The number of hydroxylamine groups is 1. The van der Waals surface area contributed by atoms with E-state index in [1.54, 1.807) is 19.2 Å². The fourth-order valence-corrected chi connectivity index (χ4v) is 4.46.